The van der Waals surface area contributed by atoms with Crippen LogP contribution in [-0.4, -0.2) is 35.5 Å². The second-order valence-corrected chi connectivity index (χ2v) is 7.00. The Balaban J connectivity index is 1.39. The molecule has 0 radical (unpaired) electrons. The summed E-state index contributed by atoms with van der Waals surface area (Å²) in [6, 6.07) is 21.7. The molecule has 1 heterocycles. The number of piperidine rings is 1. The lowest BCUT2D eigenvalue weighted by molar-refractivity contribution is 0.178. The summed E-state index contributed by atoms with van der Waals surface area (Å²) in [4.78, 5) is 5.23. The second-order valence-electron chi connectivity index (χ2n) is 7.00. The molecule has 0 spiro atoms. The van der Waals surface area contributed by atoms with Crippen molar-refractivity contribution in [2.75, 3.05) is 20.1 Å². The molecule has 4 rings (SSSR count). The molecule has 1 aliphatic carbocycles. The van der Waals surface area contributed by atoms with Crippen LogP contribution in [0.15, 0.2) is 60.7 Å². The van der Waals surface area contributed by atoms with Crippen molar-refractivity contribution in [1.29, 1.82) is 0 Å². The molecule has 22 heavy (non-hydrogen) atoms. The van der Waals surface area contributed by atoms with Gasteiger partial charge < -0.3 is 0 Å². The molecule has 2 heteroatoms. The van der Waals surface area contributed by atoms with Gasteiger partial charge in [-0.25, -0.2) is 0 Å². The molecule has 1 saturated heterocycles. The van der Waals surface area contributed by atoms with Crippen LogP contribution < -0.4 is 0 Å². The molecule has 2 nitrogen and oxygen atoms in total. The molecule has 1 saturated carbocycles. The first-order chi connectivity index (χ1) is 10.8. The molecule has 2 aliphatic rings. The van der Waals surface area contributed by atoms with Crippen molar-refractivity contribution in [3.63, 3.8) is 0 Å². The number of rotatable bonds is 5. The quantitative estimate of drug-likeness (QED) is 0.833. The maximum Gasteiger partial charge on any atom is 0.0381 e. The minimum atomic E-state index is 0.435. The standard InChI is InChI=1S/C20H24N2/c1-21(13-17-8-4-2-5-9-17)20-12-19(20)15-22(16-20)14-18-10-6-3-7-11-18/h2-11,19H,12-16H2,1H3/t19-,20-/m0/s1. The van der Waals surface area contributed by atoms with E-state index in [1.807, 2.05) is 0 Å². The SMILES string of the molecule is CN(Cc1ccccc1)[C@]12C[C@H]1CN(Cc1ccccc1)C2. The van der Waals surface area contributed by atoms with Crippen LogP contribution in [-0.2, 0) is 13.1 Å². The van der Waals surface area contributed by atoms with E-state index in [9.17, 15) is 0 Å². The molecule has 2 fully saturated rings. The van der Waals surface area contributed by atoms with Gasteiger partial charge in [0.05, 0.1) is 0 Å². The first-order valence-electron chi connectivity index (χ1n) is 8.28. The fraction of sp³-hybridized carbons (Fsp3) is 0.400. The summed E-state index contributed by atoms with van der Waals surface area (Å²) < 4.78 is 0. The van der Waals surface area contributed by atoms with Crippen molar-refractivity contribution in [3.05, 3.63) is 71.8 Å². The number of benzene rings is 2. The van der Waals surface area contributed by atoms with Crippen LogP contribution in [0.1, 0.15) is 17.5 Å². The zero-order chi connectivity index (χ0) is 15.0. The number of fused-ring (bicyclic) bond motifs is 1. The van der Waals surface area contributed by atoms with Crippen LogP contribution in [0.4, 0.5) is 0 Å². The third-order valence-electron chi connectivity index (χ3n) is 5.45. The lowest BCUT2D eigenvalue weighted by Gasteiger charge is -2.29. The maximum absolute atomic E-state index is 2.63. The number of likely N-dealkylation sites (tertiary alicyclic amines) is 1. The highest BCUT2D eigenvalue weighted by atomic mass is 15.3. The maximum atomic E-state index is 2.63. The fourth-order valence-corrected chi connectivity index (χ4v) is 4.12. The van der Waals surface area contributed by atoms with Crippen molar-refractivity contribution in [2.24, 2.45) is 5.92 Å². The smallest absolute Gasteiger partial charge is 0.0381 e. The highest BCUT2D eigenvalue weighted by molar-refractivity contribution is 5.22. The number of hydrogen-bond donors (Lipinski definition) is 0. The molecule has 114 valence electrons. The lowest BCUT2D eigenvalue weighted by atomic mass is 10.1. The lowest BCUT2D eigenvalue weighted by Crippen LogP contribution is -2.39. The highest BCUT2D eigenvalue weighted by Crippen LogP contribution is 2.53. The highest BCUT2D eigenvalue weighted by Gasteiger charge is 2.61. The van der Waals surface area contributed by atoms with Gasteiger partial charge in [0, 0.05) is 31.7 Å². The number of nitrogens with zero attached hydrogens (tertiary/aromatic N) is 2. The van der Waals surface area contributed by atoms with E-state index in [1.165, 1.54) is 30.6 Å². The van der Waals surface area contributed by atoms with E-state index in [0.717, 1.165) is 19.0 Å². The Kier molecular flexibility index (Phi) is 3.51. The Labute approximate surface area is 133 Å². The number of likely N-dealkylation sites (N-methyl/N-ethyl adjacent to an activating group) is 1. The molecule has 2 aromatic carbocycles. The van der Waals surface area contributed by atoms with E-state index >= 15 is 0 Å². The van der Waals surface area contributed by atoms with Gasteiger partial charge in [-0.05, 0) is 30.5 Å². The van der Waals surface area contributed by atoms with E-state index in [2.05, 4.69) is 77.5 Å². The summed E-state index contributed by atoms with van der Waals surface area (Å²) in [6.07, 6.45) is 1.38. The predicted octanol–water partition coefficient (Wildman–Crippen LogP) is 3.39. The molecule has 0 aromatic heterocycles. The van der Waals surface area contributed by atoms with Crippen molar-refractivity contribution < 1.29 is 0 Å². The van der Waals surface area contributed by atoms with Gasteiger partial charge in [-0.1, -0.05) is 60.7 Å². The summed E-state index contributed by atoms with van der Waals surface area (Å²) in [5, 5.41) is 0. The summed E-state index contributed by atoms with van der Waals surface area (Å²) in [5.41, 5.74) is 3.29. The Bertz CT molecular complexity index is 625. The van der Waals surface area contributed by atoms with Crippen LogP contribution in [0.25, 0.3) is 0 Å². The van der Waals surface area contributed by atoms with Crippen LogP contribution >= 0.6 is 0 Å². The van der Waals surface area contributed by atoms with Crippen LogP contribution in [0, 0.1) is 5.92 Å². The van der Waals surface area contributed by atoms with Gasteiger partial charge in [0.2, 0.25) is 0 Å². The molecule has 2 atom stereocenters. The molecular weight excluding hydrogens is 268 g/mol. The topological polar surface area (TPSA) is 6.48 Å². The summed E-state index contributed by atoms with van der Waals surface area (Å²) in [7, 11) is 2.30. The Morgan fingerprint density at radius 1 is 1.00 bits per heavy atom. The monoisotopic (exact) mass is 292 g/mol. The van der Waals surface area contributed by atoms with E-state index in [1.54, 1.807) is 0 Å². The summed E-state index contributed by atoms with van der Waals surface area (Å²) in [5.74, 6) is 0.866. The van der Waals surface area contributed by atoms with Gasteiger partial charge in [-0.15, -0.1) is 0 Å². The zero-order valence-electron chi connectivity index (χ0n) is 13.3. The largest absolute Gasteiger partial charge is 0.297 e. The van der Waals surface area contributed by atoms with Crippen molar-refractivity contribution in [3.8, 4) is 0 Å². The zero-order valence-corrected chi connectivity index (χ0v) is 13.3. The molecular formula is C20H24N2. The number of hydrogen-bond acceptors (Lipinski definition) is 2. The van der Waals surface area contributed by atoms with Gasteiger partial charge in [-0.3, -0.25) is 9.80 Å². The molecule has 0 bridgehead atoms. The minimum Gasteiger partial charge on any atom is -0.297 e. The third kappa shape index (κ3) is 2.57. The van der Waals surface area contributed by atoms with Gasteiger partial charge in [0.1, 0.15) is 0 Å². The van der Waals surface area contributed by atoms with E-state index in [0.29, 0.717) is 5.54 Å². The van der Waals surface area contributed by atoms with E-state index < -0.39 is 0 Å². The Morgan fingerprint density at radius 3 is 2.32 bits per heavy atom. The van der Waals surface area contributed by atoms with Gasteiger partial charge in [-0.2, -0.15) is 0 Å². The van der Waals surface area contributed by atoms with Gasteiger partial charge in [0.15, 0.2) is 0 Å². The Hall–Kier alpha value is -1.64. The molecule has 0 N–H and O–H groups in total. The average Bonchev–Trinajstić information content (AvgIpc) is 3.12. The molecule has 1 aliphatic heterocycles. The molecule has 2 aromatic rings. The van der Waals surface area contributed by atoms with Crippen LogP contribution in [0.3, 0.4) is 0 Å². The minimum absolute atomic E-state index is 0.435. The average molecular weight is 292 g/mol. The predicted molar refractivity (Wildman–Crippen MR) is 90.5 cm³/mol. The summed E-state index contributed by atoms with van der Waals surface area (Å²) in [6.45, 7) is 4.64. The molecule has 0 unspecified atom stereocenters. The third-order valence-corrected chi connectivity index (χ3v) is 5.45. The van der Waals surface area contributed by atoms with Crippen molar-refractivity contribution in [2.45, 2.75) is 25.0 Å². The second kappa shape index (κ2) is 5.53. The normalized spacial score (nSPS) is 27.1. The van der Waals surface area contributed by atoms with Crippen LogP contribution in [0.2, 0.25) is 0 Å². The van der Waals surface area contributed by atoms with Crippen molar-refractivity contribution >= 4 is 0 Å². The summed E-state index contributed by atoms with van der Waals surface area (Å²) >= 11 is 0. The molecule has 0 amide bonds. The van der Waals surface area contributed by atoms with E-state index in [4.69, 9.17) is 0 Å². The van der Waals surface area contributed by atoms with Crippen LogP contribution in [0.5, 0.6) is 0 Å². The van der Waals surface area contributed by atoms with Crippen molar-refractivity contribution in [1.82, 2.24) is 9.80 Å². The Morgan fingerprint density at radius 2 is 1.64 bits per heavy atom. The fourth-order valence-electron chi connectivity index (χ4n) is 4.12. The van der Waals surface area contributed by atoms with Gasteiger partial charge >= 0.3 is 0 Å². The first kappa shape index (κ1) is 14.0. The first-order valence-corrected chi connectivity index (χ1v) is 8.28. The van der Waals surface area contributed by atoms with Gasteiger partial charge in [0.25, 0.3) is 0 Å². The van der Waals surface area contributed by atoms with E-state index in [-0.39, 0.29) is 0 Å².